The molecule has 1 unspecified atom stereocenters. The molecule has 1 amide bonds. The van der Waals surface area contributed by atoms with E-state index in [9.17, 15) is 9.90 Å². The number of benzene rings is 2. The smallest absolute Gasteiger partial charge is 0.229 e. The zero-order valence-electron chi connectivity index (χ0n) is 12.3. The van der Waals surface area contributed by atoms with Crippen LogP contribution >= 0.6 is 0 Å². The third kappa shape index (κ3) is 2.75. The van der Waals surface area contributed by atoms with Crippen molar-refractivity contribution in [1.82, 2.24) is 5.32 Å². The van der Waals surface area contributed by atoms with Gasteiger partial charge < -0.3 is 16.2 Å². The van der Waals surface area contributed by atoms with Crippen LogP contribution in [-0.2, 0) is 11.2 Å². The van der Waals surface area contributed by atoms with E-state index in [0.29, 0.717) is 6.42 Å². The van der Waals surface area contributed by atoms with Crippen molar-refractivity contribution in [2.45, 2.75) is 24.5 Å². The number of carbonyl (C=O) groups excluding carboxylic acids is 1. The lowest BCUT2D eigenvalue weighted by Crippen LogP contribution is -2.39. The first-order valence-corrected chi connectivity index (χ1v) is 7.52. The zero-order valence-corrected chi connectivity index (χ0v) is 12.3. The highest BCUT2D eigenvalue weighted by Gasteiger charge is 2.33. The van der Waals surface area contributed by atoms with Crippen molar-refractivity contribution < 1.29 is 9.90 Å². The van der Waals surface area contributed by atoms with E-state index in [0.717, 1.165) is 16.7 Å². The van der Waals surface area contributed by atoms with Gasteiger partial charge >= 0.3 is 0 Å². The predicted molar refractivity (Wildman–Crippen MR) is 85.3 cm³/mol. The summed E-state index contributed by atoms with van der Waals surface area (Å²) in [4.78, 5) is 12.6. The van der Waals surface area contributed by atoms with Crippen molar-refractivity contribution in [3.63, 3.8) is 0 Å². The molecule has 0 fully saturated rings. The Morgan fingerprint density at radius 3 is 2.59 bits per heavy atom. The Labute approximate surface area is 130 Å². The summed E-state index contributed by atoms with van der Waals surface area (Å²) in [7, 11) is 0. The van der Waals surface area contributed by atoms with Gasteiger partial charge in [0.15, 0.2) is 0 Å². The molecular weight excluding hydrogens is 276 g/mol. The average Bonchev–Trinajstić information content (AvgIpc) is 2.85. The van der Waals surface area contributed by atoms with Crippen molar-refractivity contribution in [2.75, 3.05) is 6.54 Å². The quantitative estimate of drug-likeness (QED) is 0.800. The lowest BCUT2D eigenvalue weighted by Gasteiger charge is -2.22. The monoisotopic (exact) mass is 296 g/mol. The summed E-state index contributed by atoms with van der Waals surface area (Å²) in [5.41, 5.74) is 8.76. The maximum atomic E-state index is 12.6. The van der Waals surface area contributed by atoms with E-state index >= 15 is 0 Å². The van der Waals surface area contributed by atoms with E-state index < -0.39 is 12.0 Å². The fourth-order valence-corrected chi connectivity index (χ4v) is 3.08. The summed E-state index contributed by atoms with van der Waals surface area (Å²) in [5, 5.41) is 13.2. The Morgan fingerprint density at radius 1 is 1.18 bits per heavy atom. The lowest BCUT2D eigenvalue weighted by atomic mass is 9.97. The van der Waals surface area contributed by atoms with Crippen LogP contribution in [0.25, 0.3) is 0 Å². The van der Waals surface area contributed by atoms with Gasteiger partial charge in [0, 0.05) is 13.0 Å². The number of aliphatic hydroxyl groups excluding tert-OH is 1. The number of fused-ring (bicyclic) bond motifs is 1. The van der Waals surface area contributed by atoms with Crippen LogP contribution in [0.1, 0.15) is 28.7 Å². The minimum absolute atomic E-state index is 0.144. The summed E-state index contributed by atoms with van der Waals surface area (Å²) in [6.07, 6.45) is -0.0183. The van der Waals surface area contributed by atoms with Crippen LogP contribution in [-0.4, -0.2) is 23.7 Å². The summed E-state index contributed by atoms with van der Waals surface area (Å²) in [6, 6.07) is 16.9. The first-order chi connectivity index (χ1) is 10.7. The highest BCUT2D eigenvalue weighted by molar-refractivity contribution is 5.84. The molecule has 0 aromatic heterocycles. The second-order valence-corrected chi connectivity index (χ2v) is 5.66. The molecule has 0 saturated carbocycles. The lowest BCUT2D eigenvalue weighted by molar-refractivity contribution is -0.123. The van der Waals surface area contributed by atoms with Gasteiger partial charge in [-0.05, 0) is 16.7 Å². The molecule has 3 rings (SSSR count). The Hall–Kier alpha value is -2.17. The third-order valence-electron chi connectivity index (χ3n) is 4.26. The molecule has 2 aromatic carbocycles. The molecule has 4 nitrogen and oxygen atoms in total. The molecule has 22 heavy (non-hydrogen) atoms. The number of rotatable bonds is 4. The molecule has 0 heterocycles. The number of nitrogens with one attached hydrogen (secondary N) is 1. The zero-order chi connectivity index (χ0) is 15.5. The molecular formula is C18H20N2O2. The van der Waals surface area contributed by atoms with Gasteiger partial charge in [0.05, 0.1) is 18.1 Å². The van der Waals surface area contributed by atoms with Crippen LogP contribution in [0.5, 0.6) is 0 Å². The van der Waals surface area contributed by atoms with Crippen LogP contribution in [0.4, 0.5) is 0 Å². The second kappa shape index (κ2) is 6.30. The number of carbonyl (C=O) groups is 1. The summed E-state index contributed by atoms with van der Waals surface area (Å²) >= 11 is 0. The molecule has 0 radical (unpaired) electrons. The van der Waals surface area contributed by atoms with Gasteiger partial charge in [-0.25, -0.2) is 0 Å². The average molecular weight is 296 g/mol. The molecule has 4 N–H and O–H groups in total. The fourth-order valence-electron chi connectivity index (χ4n) is 3.08. The second-order valence-electron chi connectivity index (χ2n) is 5.66. The highest BCUT2D eigenvalue weighted by atomic mass is 16.3. The van der Waals surface area contributed by atoms with Crippen molar-refractivity contribution in [3.8, 4) is 0 Å². The number of nitrogens with two attached hydrogens (primary N) is 1. The first kappa shape index (κ1) is 14.8. The van der Waals surface area contributed by atoms with Crippen molar-refractivity contribution >= 4 is 5.91 Å². The maximum absolute atomic E-state index is 12.6. The van der Waals surface area contributed by atoms with E-state index in [1.807, 2.05) is 54.6 Å². The number of aliphatic hydroxyl groups is 1. The third-order valence-corrected chi connectivity index (χ3v) is 4.26. The number of hydrogen-bond donors (Lipinski definition) is 3. The van der Waals surface area contributed by atoms with Gasteiger partial charge in [-0.2, -0.15) is 0 Å². The van der Waals surface area contributed by atoms with Crippen molar-refractivity contribution in [1.29, 1.82) is 0 Å². The highest BCUT2D eigenvalue weighted by Crippen LogP contribution is 2.31. The largest absolute Gasteiger partial charge is 0.390 e. The molecule has 3 atom stereocenters. The minimum atomic E-state index is -0.587. The standard InChI is InChI=1S/C18H20N2O2/c19-11-15(12-6-2-1-3-7-12)18(22)20-17-14-9-5-4-8-13(14)10-16(17)21/h1-9,15-17,21H,10-11,19H2,(H,20,22)/t15?,16-,17+/m0/s1. The van der Waals surface area contributed by atoms with E-state index in [2.05, 4.69) is 5.32 Å². The van der Waals surface area contributed by atoms with E-state index in [-0.39, 0.29) is 18.5 Å². The molecule has 1 aliphatic rings. The molecule has 1 aliphatic carbocycles. The van der Waals surface area contributed by atoms with Crippen molar-refractivity contribution in [3.05, 3.63) is 71.3 Å². The Bertz CT molecular complexity index is 657. The van der Waals surface area contributed by atoms with Gasteiger partial charge in [-0.3, -0.25) is 4.79 Å². The number of hydrogen-bond acceptors (Lipinski definition) is 3. The van der Waals surface area contributed by atoms with Crippen molar-refractivity contribution in [2.24, 2.45) is 5.73 Å². The maximum Gasteiger partial charge on any atom is 0.229 e. The van der Waals surface area contributed by atoms with Gasteiger partial charge in [0.25, 0.3) is 0 Å². The van der Waals surface area contributed by atoms with Crippen LogP contribution in [0.3, 0.4) is 0 Å². The number of amides is 1. The van der Waals surface area contributed by atoms with Gasteiger partial charge in [-0.1, -0.05) is 54.6 Å². The van der Waals surface area contributed by atoms with Crippen LogP contribution in [0.15, 0.2) is 54.6 Å². The molecule has 0 bridgehead atoms. The van der Waals surface area contributed by atoms with Gasteiger partial charge in [0.2, 0.25) is 5.91 Å². The summed E-state index contributed by atoms with van der Waals surface area (Å²) in [5.74, 6) is -0.546. The van der Waals surface area contributed by atoms with E-state index in [4.69, 9.17) is 5.73 Å². The van der Waals surface area contributed by atoms with Gasteiger partial charge in [-0.15, -0.1) is 0 Å². The van der Waals surface area contributed by atoms with Crippen LogP contribution < -0.4 is 11.1 Å². The topological polar surface area (TPSA) is 75.4 Å². The first-order valence-electron chi connectivity index (χ1n) is 7.52. The van der Waals surface area contributed by atoms with E-state index in [1.54, 1.807) is 0 Å². The molecule has 2 aromatic rings. The summed E-state index contributed by atoms with van der Waals surface area (Å²) in [6.45, 7) is 0.236. The van der Waals surface area contributed by atoms with Crippen LogP contribution in [0, 0.1) is 0 Å². The Morgan fingerprint density at radius 2 is 1.86 bits per heavy atom. The predicted octanol–water partition coefficient (Wildman–Crippen LogP) is 1.50. The molecule has 0 spiro atoms. The van der Waals surface area contributed by atoms with Gasteiger partial charge in [0.1, 0.15) is 0 Å². The fraction of sp³-hybridized carbons (Fsp3) is 0.278. The minimum Gasteiger partial charge on any atom is -0.390 e. The van der Waals surface area contributed by atoms with E-state index in [1.165, 1.54) is 0 Å². The molecule has 114 valence electrons. The molecule has 4 heteroatoms. The Balaban J connectivity index is 1.79. The Kier molecular flexibility index (Phi) is 4.22. The SMILES string of the molecule is NCC(C(=O)N[C@@H]1c2ccccc2C[C@@H]1O)c1ccccc1. The normalized spacial score (nSPS) is 21.2. The summed E-state index contributed by atoms with van der Waals surface area (Å²) < 4.78 is 0. The molecule has 0 saturated heterocycles. The molecule has 0 aliphatic heterocycles. The van der Waals surface area contributed by atoms with Crippen LogP contribution in [0.2, 0.25) is 0 Å².